The molecule has 0 radical (unpaired) electrons. The molecule has 1 aliphatic rings. The number of thiol groups is 1. The first-order chi connectivity index (χ1) is 7.63. The van der Waals surface area contributed by atoms with Gasteiger partial charge < -0.3 is 4.90 Å². The summed E-state index contributed by atoms with van der Waals surface area (Å²) in [5.74, 6) is 0.867. The maximum atomic E-state index is 11.8. The minimum absolute atomic E-state index is 0.0161. The molecule has 16 heavy (non-hydrogen) atoms. The monoisotopic (exact) mass is 277 g/mol. The smallest absolute Gasteiger partial charge is 0.227 e. The maximum Gasteiger partial charge on any atom is 0.227 e. The highest BCUT2D eigenvalue weighted by molar-refractivity contribution is 7.80. The molecule has 0 aliphatic carbocycles. The Labute approximate surface area is 108 Å². The van der Waals surface area contributed by atoms with Crippen molar-refractivity contribution in [2.24, 2.45) is 5.92 Å². The molecular formula is C9H9Cl2N3OS. The summed E-state index contributed by atoms with van der Waals surface area (Å²) < 4.78 is 0. The van der Waals surface area contributed by atoms with Crippen LogP contribution in [0.15, 0.2) is 6.33 Å². The van der Waals surface area contributed by atoms with Crippen molar-refractivity contribution in [3.05, 3.63) is 16.6 Å². The van der Waals surface area contributed by atoms with Gasteiger partial charge in [0.25, 0.3) is 0 Å². The van der Waals surface area contributed by atoms with Gasteiger partial charge in [0.05, 0.1) is 0 Å². The van der Waals surface area contributed by atoms with Crippen molar-refractivity contribution in [3.8, 4) is 0 Å². The predicted octanol–water partition coefficient (Wildman–Crippen LogP) is 2.07. The van der Waals surface area contributed by atoms with Crippen molar-refractivity contribution >= 4 is 47.4 Å². The Morgan fingerprint density at radius 1 is 1.44 bits per heavy atom. The van der Waals surface area contributed by atoms with E-state index in [1.165, 1.54) is 11.2 Å². The quantitative estimate of drug-likeness (QED) is 0.665. The van der Waals surface area contributed by atoms with Gasteiger partial charge in [-0.15, -0.1) is 0 Å². The number of halogens is 2. The van der Waals surface area contributed by atoms with Gasteiger partial charge in [-0.3, -0.25) is 4.79 Å². The van der Waals surface area contributed by atoms with Gasteiger partial charge in [0, 0.05) is 13.0 Å². The second-order valence-electron chi connectivity index (χ2n) is 3.56. The van der Waals surface area contributed by atoms with Crippen LogP contribution in [0.25, 0.3) is 0 Å². The molecule has 0 N–H and O–H groups in total. The Kier molecular flexibility index (Phi) is 3.56. The molecule has 1 atom stereocenters. The van der Waals surface area contributed by atoms with E-state index in [1.807, 2.05) is 0 Å². The highest BCUT2D eigenvalue weighted by atomic mass is 35.5. The van der Waals surface area contributed by atoms with Crippen molar-refractivity contribution in [1.29, 1.82) is 0 Å². The maximum absolute atomic E-state index is 11.8. The molecule has 1 unspecified atom stereocenters. The lowest BCUT2D eigenvalue weighted by atomic mass is 10.1. The van der Waals surface area contributed by atoms with E-state index in [-0.39, 0.29) is 22.1 Å². The van der Waals surface area contributed by atoms with Gasteiger partial charge in [-0.05, 0) is 11.7 Å². The van der Waals surface area contributed by atoms with Crippen LogP contribution in [-0.2, 0) is 4.79 Å². The molecule has 7 heteroatoms. The molecule has 0 aromatic carbocycles. The zero-order valence-electron chi connectivity index (χ0n) is 8.23. The van der Waals surface area contributed by atoms with E-state index >= 15 is 0 Å². The molecule has 1 aromatic heterocycles. The molecule has 86 valence electrons. The van der Waals surface area contributed by atoms with Crippen molar-refractivity contribution in [2.45, 2.75) is 6.42 Å². The fourth-order valence-electron chi connectivity index (χ4n) is 1.68. The van der Waals surface area contributed by atoms with E-state index in [2.05, 4.69) is 22.6 Å². The second-order valence-corrected chi connectivity index (χ2v) is 4.64. The Morgan fingerprint density at radius 3 is 2.56 bits per heavy atom. The molecule has 1 aliphatic heterocycles. The molecule has 2 heterocycles. The SMILES string of the molecule is O=C1CC(CS)CN1c1c(Cl)ncnc1Cl. The molecule has 1 aromatic rings. The van der Waals surface area contributed by atoms with E-state index in [9.17, 15) is 4.79 Å². The van der Waals surface area contributed by atoms with Crippen LogP contribution in [0.5, 0.6) is 0 Å². The molecule has 0 saturated carbocycles. The van der Waals surface area contributed by atoms with E-state index < -0.39 is 0 Å². The Bertz CT molecular complexity index is 409. The predicted molar refractivity (Wildman–Crippen MR) is 66.4 cm³/mol. The number of aromatic nitrogens is 2. The van der Waals surface area contributed by atoms with Crippen LogP contribution in [0.4, 0.5) is 5.69 Å². The molecule has 1 fully saturated rings. The third-order valence-electron chi connectivity index (χ3n) is 2.47. The highest BCUT2D eigenvalue weighted by Crippen LogP contribution is 2.34. The third kappa shape index (κ3) is 2.12. The average Bonchev–Trinajstić information content (AvgIpc) is 2.60. The van der Waals surface area contributed by atoms with Gasteiger partial charge in [-0.1, -0.05) is 23.2 Å². The summed E-state index contributed by atoms with van der Waals surface area (Å²) >= 11 is 16.0. The van der Waals surface area contributed by atoms with Gasteiger partial charge in [0.2, 0.25) is 5.91 Å². The number of anilines is 1. The molecule has 1 amide bonds. The largest absolute Gasteiger partial charge is 0.307 e. The fraction of sp³-hybridized carbons (Fsp3) is 0.444. The number of nitrogens with zero attached hydrogens (tertiary/aromatic N) is 3. The number of hydrogen-bond acceptors (Lipinski definition) is 4. The van der Waals surface area contributed by atoms with E-state index in [0.717, 1.165) is 0 Å². The number of carbonyl (C=O) groups excluding carboxylic acids is 1. The van der Waals surface area contributed by atoms with Crippen LogP contribution < -0.4 is 4.90 Å². The van der Waals surface area contributed by atoms with Crippen LogP contribution in [0.1, 0.15) is 6.42 Å². The van der Waals surface area contributed by atoms with Crippen molar-refractivity contribution in [3.63, 3.8) is 0 Å². The number of hydrogen-bond donors (Lipinski definition) is 1. The van der Waals surface area contributed by atoms with Crippen LogP contribution in [0.2, 0.25) is 10.3 Å². The summed E-state index contributed by atoms with van der Waals surface area (Å²) in [6, 6.07) is 0. The normalized spacial score (nSPS) is 20.6. The van der Waals surface area contributed by atoms with Crippen LogP contribution in [0, 0.1) is 5.92 Å². The lowest BCUT2D eigenvalue weighted by molar-refractivity contribution is -0.117. The van der Waals surface area contributed by atoms with E-state index in [0.29, 0.717) is 24.4 Å². The lowest BCUT2D eigenvalue weighted by Gasteiger charge is -2.17. The molecule has 2 rings (SSSR count). The average molecular weight is 278 g/mol. The van der Waals surface area contributed by atoms with E-state index in [1.54, 1.807) is 0 Å². The Morgan fingerprint density at radius 2 is 2.06 bits per heavy atom. The minimum atomic E-state index is -0.0161. The zero-order valence-corrected chi connectivity index (χ0v) is 10.6. The minimum Gasteiger partial charge on any atom is -0.307 e. The van der Waals surface area contributed by atoms with Gasteiger partial charge in [-0.2, -0.15) is 12.6 Å². The summed E-state index contributed by atoms with van der Waals surface area (Å²) in [7, 11) is 0. The van der Waals surface area contributed by atoms with E-state index in [4.69, 9.17) is 23.2 Å². The number of rotatable bonds is 2. The lowest BCUT2D eigenvalue weighted by Crippen LogP contribution is -2.25. The second kappa shape index (κ2) is 4.77. The van der Waals surface area contributed by atoms with Crippen LogP contribution >= 0.6 is 35.8 Å². The number of amides is 1. The first kappa shape index (κ1) is 12.0. The van der Waals surface area contributed by atoms with Crippen molar-refractivity contribution in [2.75, 3.05) is 17.2 Å². The fourth-order valence-corrected chi connectivity index (χ4v) is 2.44. The topological polar surface area (TPSA) is 46.1 Å². The summed E-state index contributed by atoms with van der Waals surface area (Å²) in [6.45, 7) is 0.565. The Hall–Kier alpha value is -0.520. The summed E-state index contributed by atoms with van der Waals surface area (Å²) in [4.78, 5) is 21.0. The molecule has 0 bridgehead atoms. The first-order valence-corrected chi connectivity index (χ1v) is 6.09. The standard InChI is InChI=1S/C9H9Cl2N3OS/c10-8-7(9(11)13-4-12-8)14-2-5(3-16)1-6(14)15/h4-5,16H,1-3H2. The molecule has 1 saturated heterocycles. The summed E-state index contributed by atoms with van der Waals surface area (Å²) in [5.41, 5.74) is 0.403. The highest BCUT2D eigenvalue weighted by Gasteiger charge is 2.32. The van der Waals surface area contributed by atoms with Gasteiger partial charge in [0.1, 0.15) is 12.0 Å². The molecular weight excluding hydrogens is 269 g/mol. The Balaban J connectivity index is 2.35. The summed E-state index contributed by atoms with van der Waals surface area (Å²) in [5, 5.41) is 0.404. The van der Waals surface area contributed by atoms with Gasteiger partial charge >= 0.3 is 0 Å². The van der Waals surface area contributed by atoms with Gasteiger partial charge in [-0.25, -0.2) is 9.97 Å². The third-order valence-corrected chi connectivity index (χ3v) is 3.54. The van der Waals surface area contributed by atoms with Crippen LogP contribution in [0.3, 0.4) is 0 Å². The van der Waals surface area contributed by atoms with Crippen molar-refractivity contribution in [1.82, 2.24) is 9.97 Å². The molecule has 0 spiro atoms. The zero-order chi connectivity index (χ0) is 11.7. The van der Waals surface area contributed by atoms with Crippen LogP contribution in [-0.4, -0.2) is 28.2 Å². The van der Waals surface area contributed by atoms with Crippen molar-refractivity contribution < 1.29 is 4.79 Å². The molecule has 4 nitrogen and oxygen atoms in total. The first-order valence-electron chi connectivity index (χ1n) is 4.70. The number of carbonyl (C=O) groups is 1. The summed E-state index contributed by atoms with van der Waals surface area (Å²) in [6.07, 6.45) is 1.73. The van der Waals surface area contributed by atoms with Gasteiger partial charge in [0.15, 0.2) is 10.3 Å².